The maximum absolute atomic E-state index is 2.52. The molecule has 48 heavy (non-hydrogen) atoms. The van der Waals surface area contributed by atoms with E-state index in [0.29, 0.717) is 11.8 Å². The highest BCUT2D eigenvalue weighted by atomic mass is 15.1. The molecule has 1 aliphatic carbocycles. The van der Waals surface area contributed by atoms with Gasteiger partial charge in [-0.1, -0.05) is 145 Å². The first-order valence-electron chi connectivity index (χ1n) is 18.6. The fourth-order valence-corrected chi connectivity index (χ4v) is 7.86. The van der Waals surface area contributed by atoms with Crippen molar-refractivity contribution in [3.05, 3.63) is 137 Å². The quantitative estimate of drug-likeness (QED) is 0.117. The van der Waals surface area contributed by atoms with Gasteiger partial charge in [0.1, 0.15) is 0 Å². The Hall–Kier alpha value is -4.10. The summed E-state index contributed by atoms with van der Waals surface area (Å²) in [7, 11) is 0. The summed E-state index contributed by atoms with van der Waals surface area (Å²) in [5.41, 5.74) is 16.0. The molecule has 0 saturated carbocycles. The average Bonchev–Trinajstić information content (AvgIpc) is 3.36. The lowest BCUT2D eigenvalue weighted by Crippen LogP contribution is -2.29. The molecule has 0 heterocycles. The predicted octanol–water partition coefficient (Wildman–Crippen LogP) is 14.2. The van der Waals surface area contributed by atoms with Crippen LogP contribution in [-0.4, -0.2) is 0 Å². The molecular weight excluding hydrogens is 579 g/mol. The Morgan fingerprint density at radius 1 is 0.562 bits per heavy atom. The highest BCUT2D eigenvalue weighted by Gasteiger charge is 2.43. The van der Waals surface area contributed by atoms with E-state index in [1.165, 1.54) is 106 Å². The van der Waals surface area contributed by atoms with Gasteiger partial charge in [0.25, 0.3) is 0 Å². The van der Waals surface area contributed by atoms with Crippen LogP contribution in [0.1, 0.15) is 113 Å². The Balaban J connectivity index is 1.34. The van der Waals surface area contributed by atoms with Crippen molar-refractivity contribution in [3.8, 4) is 22.3 Å². The summed E-state index contributed by atoms with van der Waals surface area (Å²) in [6, 6.07) is 41.6. The molecule has 0 radical (unpaired) electrons. The van der Waals surface area contributed by atoms with Crippen molar-refractivity contribution in [2.45, 2.75) is 105 Å². The normalized spacial score (nSPS) is 16.3. The van der Waals surface area contributed by atoms with Crippen LogP contribution in [0.3, 0.4) is 0 Å². The van der Waals surface area contributed by atoms with Crippen molar-refractivity contribution in [2.75, 3.05) is 4.90 Å². The van der Waals surface area contributed by atoms with Gasteiger partial charge in [0.05, 0.1) is 0 Å². The van der Waals surface area contributed by atoms with E-state index in [4.69, 9.17) is 0 Å². The molecule has 1 aliphatic rings. The first kappa shape index (κ1) is 33.8. The number of fused-ring (bicyclic) bond motifs is 3. The largest absolute Gasteiger partial charge is 0.311 e. The lowest BCUT2D eigenvalue weighted by Gasteiger charge is -2.35. The molecule has 0 aliphatic heterocycles. The molecule has 0 N–H and O–H groups in total. The van der Waals surface area contributed by atoms with Crippen LogP contribution < -0.4 is 4.90 Å². The van der Waals surface area contributed by atoms with E-state index in [1.807, 2.05) is 0 Å². The highest BCUT2D eigenvalue weighted by Crippen LogP contribution is 2.54. The Labute approximate surface area is 291 Å². The van der Waals surface area contributed by atoms with E-state index in [1.54, 1.807) is 0 Å². The van der Waals surface area contributed by atoms with Gasteiger partial charge in [-0.25, -0.2) is 0 Å². The minimum absolute atomic E-state index is 0.00106. The molecule has 248 valence electrons. The molecule has 1 heteroatoms. The third kappa shape index (κ3) is 6.62. The molecule has 3 atom stereocenters. The smallest absolute Gasteiger partial charge is 0.0462 e. The van der Waals surface area contributed by atoms with Gasteiger partial charge in [-0.15, -0.1) is 0 Å². The van der Waals surface area contributed by atoms with Gasteiger partial charge in [0.15, 0.2) is 0 Å². The molecule has 0 spiro atoms. The van der Waals surface area contributed by atoms with Crippen LogP contribution in [0.2, 0.25) is 0 Å². The third-order valence-corrected chi connectivity index (χ3v) is 11.4. The first-order valence-corrected chi connectivity index (χ1v) is 18.6. The number of nitrogens with zero attached hydrogens (tertiary/aromatic N) is 1. The van der Waals surface area contributed by atoms with Gasteiger partial charge in [-0.2, -0.15) is 0 Å². The molecule has 5 aromatic rings. The molecule has 6 rings (SSSR count). The monoisotopic (exact) mass is 633 g/mol. The number of anilines is 3. The standard InChI is InChI=1S/C47H55N/c1-8-10-11-12-13-14-36(6)47(7)45-31-34(4)17-29-43(45)44-30-22-39(32-46(44)47)38-20-27-42(28-21-38)48(40-23-15-33(3)16-24-40)41-25-18-37(19-26-41)35(5)9-2/h15-32,35-36H,8-14H2,1-7H3. The van der Waals surface area contributed by atoms with Crippen LogP contribution in [0.5, 0.6) is 0 Å². The zero-order valence-electron chi connectivity index (χ0n) is 30.4. The van der Waals surface area contributed by atoms with E-state index < -0.39 is 0 Å². The van der Waals surface area contributed by atoms with Crippen molar-refractivity contribution in [2.24, 2.45) is 5.92 Å². The zero-order chi connectivity index (χ0) is 33.8. The maximum Gasteiger partial charge on any atom is 0.0462 e. The van der Waals surface area contributed by atoms with Crippen LogP contribution in [0.25, 0.3) is 22.3 Å². The fourth-order valence-electron chi connectivity index (χ4n) is 7.86. The van der Waals surface area contributed by atoms with E-state index in [2.05, 4.69) is 163 Å². The highest BCUT2D eigenvalue weighted by molar-refractivity contribution is 5.85. The second-order valence-electron chi connectivity index (χ2n) is 14.7. The van der Waals surface area contributed by atoms with Gasteiger partial charge in [-0.3, -0.25) is 0 Å². The SMILES string of the molecule is CCCCCCCC(C)C1(C)c2cc(C)ccc2-c2ccc(-c3ccc(N(c4ccc(C)cc4)c4ccc(C(C)CC)cc4)cc3)cc21. The zero-order valence-corrected chi connectivity index (χ0v) is 30.4. The molecule has 0 fully saturated rings. The van der Waals surface area contributed by atoms with Crippen LogP contribution in [0.4, 0.5) is 17.1 Å². The molecule has 3 unspecified atom stereocenters. The summed E-state index contributed by atoms with van der Waals surface area (Å²) in [6.45, 7) is 16.3. The fraction of sp³-hybridized carbons (Fsp3) is 0.362. The van der Waals surface area contributed by atoms with Crippen molar-refractivity contribution in [3.63, 3.8) is 0 Å². The number of unbranched alkanes of at least 4 members (excludes halogenated alkanes) is 4. The summed E-state index contributed by atoms with van der Waals surface area (Å²) < 4.78 is 0. The first-order chi connectivity index (χ1) is 23.2. The summed E-state index contributed by atoms with van der Waals surface area (Å²) in [6.07, 6.45) is 9.07. The van der Waals surface area contributed by atoms with Crippen molar-refractivity contribution in [1.29, 1.82) is 0 Å². The van der Waals surface area contributed by atoms with Crippen LogP contribution in [0.15, 0.2) is 109 Å². The minimum Gasteiger partial charge on any atom is -0.311 e. The second-order valence-corrected chi connectivity index (χ2v) is 14.7. The molecule has 0 bridgehead atoms. The topological polar surface area (TPSA) is 3.24 Å². The van der Waals surface area contributed by atoms with Crippen LogP contribution in [0, 0.1) is 19.8 Å². The van der Waals surface area contributed by atoms with E-state index in [9.17, 15) is 0 Å². The van der Waals surface area contributed by atoms with E-state index >= 15 is 0 Å². The maximum atomic E-state index is 2.52. The lowest BCUT2D eigenvalue weighted by molar-refractivity contribution is 0.345. The Kier molecular flexibility index (Phi) is 10.3. The third-order valence-electron chi connectivity index (χ3n) is 11.4. The van der Waals surface area contributed by atoms with E-state index in [-0.39, 0.29) is 5.41 Å². The number of hydrogen-bond acceptors (Lipinski definition) is 1. The van der Waals surface area contributed by atoms with Gasteiger partial charge >= 0.3 is 0 Å². The summed E-state index contributed by atoms with van der Waals surface area (Å²) in [5.74, 6) is 1.12. The Morgan fingerprint density at radius 2 is 1.08 bits per heavy atom. The minimum atomic E-state index is 0.00106. The predicted molar refractivity (Wildman–Crippen MR) is 209 cm³/mol. The molecular formula is C47H55N. The number of rotatable bonds is 13. The van der Waals surface area contributed by atoms with Crippen LogP contribution >= 0.6 is 0 Å². The molecule has 0 amide bonds. The summed E-state index contributed by atoms with van der Waals surface area (Å²) >= 11 is 0. The molecule has 5 aromatic carbocycles. The Morgan fingerprint density at radius 3 is 1.71 bits per heavy atom. The Bertz CT molecular complexity index is 1810. The van der Waals surface area contributed by atoms with Gasteiger partial charge in [-0.05, 0) is 120 Å². The van der Waals surface area contributed by atoms with Crippen LogP contribution in [-0.2, 0) is 5.41 Å². The van der Waals surface area contributed by atoms with Crippen molar-refractivity contribution in [1.82, 2.24) is 0 Å². The van der Waals surface area contributed by atoms with E-state index in [0.717, 1.165) is 6.42 Å². The van der Waals surface area contributed by atoms with Gasteiger partial charge < -0.3 is 4.90 Å². The second kappa shape index (κ2) is 14.6. The molecule has 0 saturated heterocycles. The van der Waals surface area contributed by atoms with Crippen molar-refractivity contribution >= 4 is 17.1 Å². The lowest BCUT2D eigenvalue weighted by atomic mass is 9.68. The van der Waals surface area contributed by atoms with Gasteiger partial charge in [0, 0.05) is 22.5 Å². The average molecular weight is 634 g/mol. The summed E-state index contributed by atoms with van der Waals surface area (Å²) in [5, 5.41) is 0. The number of aryl methyl sites for hydroxylation is 2. The van der Waals surface area contributed by atoms with Gasteiger partial charge in [0.2, 0.25) is 0 Å². The number of hydrogen-bond donors (Lipinski definition) is 0. The van der Waals surface area contributed by atoms with Crippen molar-refractivity contribution < 1.29 is 0 Å². The summed E-state index contributed by atoms with van der Waals surface area (Å²) in [4.78, 5) is 2.38. The molecule has 0 aromatic heterocycles. The number of benzene rings is 5. The molecule has 1 nitrogen and oxygen atoms in total.